The number of aliphatic hydroxyl groups is 1. The highest BCUT2D eigenvalue weighted by molar-refractivity contribution is 7.10. The fraction of sp³-hybridized carbons (Fsp3) is 0.412. The van der Waals surface area contributed by atoms with Crippen LogP contribution in [0.1, 0.15) is 28.5 Å². The third kappa shape index (κ3) is 3.36. The summed E-state index contributed by atoms with van der Waals surface area (Å²) in [5.41, 5.74) is 2.44. The van der Waals surface area contributed by atoms with E-state index in [1.807, 2.05) is 35.6 Å². The van der Waals surface area contributed by atoms with Gasteiger partial charge in [-0.1, -0.05) is 29.8 Å². The topological polar surface area (TPSA) is 32.7 Å². The van der Waals surface area contributed by atoms with Crippen LogP contribution >= 0.6 is 22.9 Å². The Labute approximate surface area is 140 Å². The van der Waals surface area contributed by atoms with E-state index in [1.54, 1.807) is 0 Å². The van der Waals surface area contributed by atoms with Crippen LogP contribution in [-0.4, -0.2) is 30.0 Å². The van der Waals surface area contributed by atoms with Crippen molar-refractivity contribution < 1.29 is 9.84 Å². The van der Waals surface area contributed by atoms with Gasteiger partial charge in [-0.3, -0.25) is 4.90 Å². The molecule has 0 saturated heterocycles. The summed E-state index contributed by atoms with van der Waals surface area (Å²) >= 11 is 8.23. The molecule has 0 aliphatic carbocycles. The molecular weight excluding hydrogens is 318 g/mol. The molecule has 0 fully saturated rings. The highest BCUT2D eigenvalue weighted by Gasteiger charge is 2.28. The van der Waals surface area contributed by atoms with Crippen LogP contribution in [-0.2, 0) is 17.7 Å². The van der Waals surface area contributed by atoms with Crippen molar-refractivity contribution in [3.05, 3.63) is 56.7 Å². The van der Waals surface area contributed by atoms with Crippen LogP contribution in [0.3, 0.4) is 0 Å². The Bertz CT molecular complexity index is 631. The number of aliphatic hydroxyl groups excluding tert-OH is 1. The molecular formula is C17H20ClNO2S. The van der Waals surface area contributed by atoms with Crippen molar-refractivity contribution in [1.29, 1.82) is 0 Å². The summed E-state index contributed by atoms with van der Waals surface area (Å²) in [6, 6.07) is 10.1. The molecule has 1 aromatic carbocycles. The number of hydrogen-bond donors (Lipinski definition) is 1. The Morgan fingerprint density at radius 1 is 1.36 bits per heavy atom. The second-order valence-corrected chi connectivity index (χ2v) is 6.96. The summed E-state index contributed by atoms with van der Waals surface area (Å²) in [7, 11) is 1.53. The quantitative estimate of drug-likeness (QED) is 0.841. The molecule has 1 N–H and O–H groups in total. The zero-order chi connectivity index (χ0) is 15.5. The van der Waals surface area contributed by atoms with E-state index in [1.165, 1.54) is 17.6 Å². The maximum Gasteiger partial charge on any atom is 0.155 e. The summed E-state index contributed by atoms with van der Waals surface area (Å²) in [4.78, 5) is 3.86. The van der Waals surface area contributed by atoms with Crippen molar-refractivity contribution in [2.24, 2.45) is 0 Å². The molecule has 5 heteroatoms. The fourth-order valence-corrected chi connectivity index (χ4v) is 4.19. The first kappa shape index (κ1) is 16.0. The molecule has 2 heterocycles. The molecule has 2 atom stereocenters. The van der Waals surface area contributed by atoms with Crippen LogP contribution < -0.4 is 0 Å². The predicted octanol–water partition coefficient (Wildman–Crippen LogP) is 3.86. The lowest BCUT2D eigenvalue weighted by molar-refractivity contribution is -0.0930. The summed E-state index contributed by atoms with van der Waals surface area (Å²) in [6.07, 6.45) is 0.779. The number of fused-ring (bicyclic) bond motifs is 1. The first-order chi connectivity index (χ1) is 10.7. The van der Waals surface area contributed by atoms with Crippen molar-refractivity contribution in [3.63, 3.8) is 0 Å². The van der Waals surface area contributed by atoms with Gasteiger partial charge in [-0.2, -0.15) is 0 Å². The lowest BCUT2D eigenvalue weighted by Crippen LogP contribution is -2.35. The van der Waals surface area contributed by atoms with Crippen LogP contribution in [0.2, 0.25) is 5.02 Å². The van der Waals surface area contributed by atoms with E-state index in [0.717, 1.165) is 30.1 Å². The third-order valence-electron chi connectivity index (χ3n) is 4.24. The lowest BCUT2D eigenvalue weighted by atomic mass is 9.98. The molecule has 3 rings (SSSR count). The first-order valence-electron chi connectivity index (χ1n) is 7.43. The van der Waals surface area contributed by atoms with Crippen molar-refractivity contribution in [2.75, 3.05) is 13.7 Å². The summed E-state index contributed by atoms with van der Waals surface area (Å²) < 4.78 is 5.08. The Kier molecular flexibility index (Phi) is 5.16. The third-order valence-corrected chi connectivity index (χ3v) is 5.61. The molecule has 1 aliphatic rings. The summed E-state index contributed by atoms with van der Waals surface area (Å²) in [5.74, 6) is 0. The highest BCUT2D eigenvalue weighted by atomic mass is 35.5. The average molecular weight is 338 g/mol. The van der Waals surface area contributed by atoms with Gasteiger partial charge in [-0.05, 0) is 35.1 Å². The number of benzene rings is 1. The Balaban J connectivity index is 1.87. The van der Waals surface area contributed by atoms with Gasteiger partial charge in [0.2, 0.25) is 0 Å². The molecule has 2 unspecified atom stereocenters. The van der Waals surface area contributed by atoms with E-state index in [9.17, 15) is 5.11 Å². The number of hydrogen-bond acceptors (Lipinski definition) is 4. The van der Waals surface area contributed by atoms with Crippen molar-refractivity contribution >= 4 is 22.9 Å². The fourth-order valence-electron chi connectivity index (χ4n) is 3.04. The summed E-state index contributed by atoms with van der Waals surface area (Å²) in [5, 5.41) is 12.9. The van der Waals surface area contributed by atoms with Crippen molar-refractivity contribution in [2.45, 2.75) is 31.7 Å². The van der Waals surface area contributed by atoms with Gasteiger partial charge in [-0.15, -0.1) is 11.3 Å². The van der Waals surface area contributed by atoms with Gasteiger partial charge >= 0.3 is 0 Å². The van der Waals surface area contributed by atoms with Gasteiger partial charge in [0.25, 0.3) is 0 Å². The predicted molar refractivity (Wildman–Crippen MR) is 90.3 cm³/mol. The van der Waals surface area contributed by atoms with E-state index < -0.39 is 6.29 Å². The van der Waals surface area contributed by atoms with Crippen LogP contribution in [0.5, 0.6) is 0 Å². The largest absolute Gasteiger partial charge is 0.368 e. The van der Waals surface area contributed by atoms with Crippen LogP contribution in [0.15, 0.2) is 35.7 Å². The normalized spacial score (nSPS) is 18.0. The number of nitrogens with zero attached hydrogens (tertiary/aromatic N) is 1. The van der Waals surface area contributed by atoms with E-state index in [2.05, 4.69) is 16.3 Å². The molecule has 0 spiro atoms. The Morgan fingerprint density at radius 3 is 2.95 bits per heavy atom. The molecule has 22 heavy (non-hydrogen) atoms. The van der Waals surface area contributed by atoms with Crippen LogP contribution in [0, 0.1) is 0 Å². The zero-order valence-electron chi connectivity index (χ0n) is 12.5. The van der Waals surface area contributed by atoms with E-state index in [-0.39, 0.29) is 6.04 Å². The van der Waals surface area contributed by atoms with Crippen LogP contribution in [0.4, 0.5) is 0 Å². The lowest BCUT2D eigenvalue weighted by Gasteiger charge is -2.36. The molecule has 118 valence electrons. The number of thiophene rings is 1. The van der Waals surface area contributed by atoms with E-state index >= 15 is 0 Å². The SMILES string of the molecule is COC(O)CC(c1ccccc1Cl)N1CCc2sccc2C1. The highest BCUT2D eigenvalue weighted by Crippen LogP contribution is 2.35. The standard InChI is InChI=1S/C17H20ClNO2S/c1-21-17(20)10-15(13-4-2-3-5-14(13)18)19-8-6-16-12(11-19)7-9-22-16/h2-5,7,9,15,17,20H,6,8,10-11H2,1H3. The second-order valence-electron chi connectivity index (χ2n) is 5.55. The van der Waals surface area contributed by atoms with E-state index in [0.29, 0.717) is 6.42 Å². The van der Waals surface area contributed by atoms with Gasteiger partial charge < -0.3 is 9.84 Å². The number of halogens is 1. The van der Waals surface area contributed by atoms with E-state index in [4.69, 9.17) is 16.3 Å². The summed E-state index contributed by atoms with van der Waals surface area (Å²) in [6.45, 7) is 1.87. The zero-order valence-corrected chi connectivity index (χ0v) is 14.1. The molecule has 0 saturated carbocycles. The monoisotopic (exact) mass is 337 g/mol. The van der Waals surface area contributed by atoms with Gasteiger partial charge in [0.15, 0.2) is 6.29 Å². The maximum absolute atomic E-state index is 9.98. The van der Waals surface area contributed by atoms with Crippen LogP contribution in [0.25, 0.3) is 0 Å². The smallest absolute Gasteiger partial charge is 0.155 e. The van der Waals surface area contributed by atoms with Crippen molar-refractivity contribution in [1.82, 2.24) is 4.90 Å². The van der Waals surface area contributed by atoms with Gasteiger partial charge in [0.1, 0.15) is 0 Å². The van der Waals surface area contributed by atoms with Crippen molar-refractivity contribution in [3.8, 4) is 0 Å². The molecule has 1 aromatic heterocycles. The maximum atomic E-state index is 9.98. The second kappa shape index (κ2) is 7.11. The van der Waals surface area contributed by atoms with Gasteiger partial charge in [0.05, 0.1) is 0 Å². The number of rotatable bonds is 5. The Morgan fingerprint density at radius 2 is 2.18 bits per heavy atom. The Hall–Kier alpha value is -0.910. The molecule has 2 aromatic rings. The minimum atomic E-state index is -0.787. The van der Waals surface area contributed by atoms with Gasteiger partial charge in [0, 0.05) is 42.6 Å². The minimum Gasteiger partial charge on any atom is -0.368 e. The first-order valence-corrected chi connectivity index (χ1v) is 8.69. The molecule has 0 bridgehead atoms. The molecule has 3 nitrogen and oxygen atoms in total. The molecule has 0 amide bonds. The number of ether oxygens (including phenoxy) is 1. The minimum absolute atomic E-state index is 0.0525. The van der Waals surface area contributed by atoms with Gasteiger partial charge in [-0.25, -0.2) is 0 Å². The number of methoxy groups -OCH3 is 1. The average Bonchev–Trinajstić information content (AvgIpc) is 3.00. The molecule has 0 radical (unpaired) electrons. The molecule has 1 aliphatic heterocycles.